The molecule has 1 rings (SSSR count). The minimum absolute atomic E-state index is 0.709. The zero-order valence-corrected chi connectivity index (χ0v) is 9.16. The Bertz CT molecular complexity index is 241. The summed E-state index contributed by atoms with van der Waals surface area (Å²) in [4.78, 5) is 0. The van der Waals surface area contributed by atoms with E-state index in [1.807, 2.05) is 6.08 Å². The van der Waals surface area contributed by atoms with Crippen molar-refractivity contribution in [3.05, 3.63) is 48.6 Å². The molecule has 0 fully saturated rings. The Balaban J connectivity index is 2.39. The monoisotopic (exact) mass is 192 g/mol. The van der Waals surface area contributed by atoms with E-state index in [-0.39, 0.29) is 0 Å². The van der Waals surface area contributed by atoms with Gasteiger partial charge in [0.15, 0.2) is 0 Å². The molecule has 0 nitrogen and oxygen atoms in total. The van der Waals surface area contributed by atoms with Crippen LogP contribution in [0.4, 0.5) is 0 Å². The van der Waals surface area contributed by atoms with Gasteiger partial charge in [-0.05, 0) is 23.8 Å². The second-order valence-electron chi connectivity index (χ2n) is 3.16. The van der Waals surface area contributed by atoms with Crippen molar-refractivity contribution in [1.82, 2.24) is 0 Å². The van der Waals surface area contributed by atoms with Crippen LogP contribution in [0.3, 0.4) is 0 Å². The fourth-order valence-electron chi connectivity index (χ4n) is 1.26. The maximum atomic E-state index is 3.73. The molecule has 1 heteroatoms. The molecule has 2 atom stereocenters. The SMILES string of the molecule is C=CCCP[C@@H](C)c1ccccc1. The van der Waals surface area contributed by atoms with Crippen molar-refractivity contribution < 1.29 is 0 Å². The largest absolute Gasteiger partial charge is 0.114 e. The second-order valence-corrected chi connectivity index (χ2v) is 4.94. The van der Waals surface area contributed by atoms with Gasteiger partial charge in [0.1, 0.15) is 0 Å². The van der Waals surface area contributed by atoms with Crippen molar-refractivity contribution in [2.45, 2.75) is 19.0 Å². The van der Waals surface area contributed by atoms with Crippen LogP contribution in [0.25, 0.3) is 0 Å². The molecule has 0 aliphatic rings. The molecule has 0 saturated carbocycles. The quantitative estimate of drug-likeness (QED) is 0.376. The Morgan fingerprint density at radius 2 is 2.08 bits per heavy atom. The topological polar surface area (TPSA) is 0 Å². The molecule has 0 N–H and O–H groups in total. The van der Waals surface area contributed by atoms with Gasteiger partial charge >= 0.3 is 0 Å². The molecule has 0 aliphatic heterocycles. The molecule has 0 saturated heterocycles. The van der Waals surface area contributed by atoms with E-state index in [1.54, 1.807) is 0 Å². The van der Waals surface area contributed by atoms with Gasteiger partial charge in [0.2, 0.25) is 0 Å². The highest BCUT2D eigenvalue weighted by Gasteiger charge is 2.02. The summed E-state index contributed by atoms with van der Waals surface area (Å²) in [5.74, 6) is 0. The van der Waals surface area contributed by atoms with Crippen LogP contribution >= 0.6 is 8.58 Å². The van der Waals surface area contributed by atoms with Gasteiger partial charge in [0, 0.05) is 0 Å². The highest BCUT2D eigenvalue weighted by molar-refractivity contribution is 7.38. The number of hydrogen-bond donors (Lipinski definition) is 0. The average molecular weight is 192 g/mol. The van der Waals surface area contributed by atoms with Crippen LogP contribution in [-0.4, -0.2) is 6.16 Å². The standard InChI is InChI=1S/C12H17P/c1-3-4-10-13-11(2)12-8-6-5-7-9-12/h3,5-9,11,13H,1,4,10H2,2H3/t11-/m0/s1. The van der Waals surface area contributed by atoms with Crippen molar-refractivity contribution in [3.63, 3.8) is 0 Å². The summed E-state index contributed by atoms with van der Waals surface area (Å²) in [5.41, 5.74) is 2.17. The zero-order chi connectivity index (χ0) is 9.52. The van der Waals surface area contributed by atoms with Crippen molar-refractivity contribution in [2.24, 2.45) is 0 Å². The predicted octanol–water partition coefficient (Wildman–Crippen LogP) is 4.00. The smallest absolute Gasteiger partial charge is 0.00141 e. The minimum atomic E-state index is 0.709. The number of allylic oxidation sites excluding steroid dienone is 1. The van der Waals surface area contributed by atoms with Crippen molar-refractivity contribution in [1.29, 1.82) is 0 Å². The first kappa shape index (κ1) is 10.5. The first-order valence-corrected chi connectivity index (χ1v) is 6.02. The van der Waals surface area contributed by atoms with Gasteiger partial charge in [-0.1, -0.05) is 43.3 Å². The average Bonchev–Trinajstić information content (AvgIpc) is 2.19. The Labute approximate surface area is 82.8 Å². The Morgan fingerprint density at radius 1 is 1.38 bits per heavy atom. The van der Waals surface area contributed by atoms with Crippen molar-refractivity contribution in [3.8, 4) is 0 Å². The first-order valence-electron chi connectivity index (χ1n) is 4.74. The lowest BCUT2D eigenvalue weighted by Crippen LogP contribution is -1.86. The fourth-order valence-corrected chi connectivity index (χ4v) is 2.49. The summed E-state index contributed by atoms with van der Waals surface area (Å²) in [5, 5.41) is 0. The molecule has 0 radical (unpaired) electrons. The van der Waals surface area contributed by atoms with E-state index in [9.17, 15) is 0 Å². The number of rotatable bonds is 5. The third-order valence-electron chi connectivity index (χ3n) is 2.10. The third-order valence-corrected chi connectivity index (χ3v) is 3.62. The maximum Gasteiger partial charge on any atom is -0.00141 e. The van der Waals surface area contributed by atoms with Gasteiger partial charge in [0.25, 0.3) is 0 Å². The van der Waals surface area contributed by atoms with Crippen LogP contribution in [0.5, 0.6) is 0 Å². The molecule has 13 heavy (non-hydrogen) atoms. The molecule has 0 heterocycles. The van der Waals surface area contributed by atoms with E-state index < -0.39 is 0 Å². The van der Waals surface area contributed by atoms with Gasteiger partial charge in [-0.3, -0.25) is 0 Å². The Morgan fingerprint density at radius 3 is 2.69 bits per heavy atom. The molecule has 0 amide bonds. The molecule has 0 aromatic heterocycles. The van der Waals surface area contributed by atoms with Gasteiger partial charge in [-0.25, -0.2) is 0 Å². The summed E-state index contributed by atoms with van der Waals surface area (Å²) < 4.78 is 0. The summed E-state index contributed by atoms with van der Waals surface area (Å²) in [6, 6.07) is 10.7. The van der Waals surface area contributed by atoms with Crippen LogP contribution in [0.2, 0.25) is 0 Å². The molecule has 0 spiro atoms. The highest BCUT2D eigenvalue weighted by Crippen LogP contribution is 2.33. The maximum absolute atomic E-state index is 3.73. The molecule has 0 bridgehead atoms. The number of hydrogen-bond acceptors (Lipinski definition) is 0. The first-order chi connectivity index (χ1) is 6.34. The van der Waals surface area contributed by atoms with Crippen molar-refractivity contribution >= 4 is 8.58 Å². The van der Waals surface area contributed by atoms with E-state index in [1.165, 1.54) is 11.7 Å². The molecule has 0 aliphatic carbocycles. The van der Waals surface area contributed by atoms with Gasteiger partial charge < -0.3 is 0 Å². The fraction of sp³-hybridized carbons (Fsp3) is 0.333. The Kier molecular flexibility index (Phi) is 4.78. The predicted molar refractivity (Wildman–Crippen MR) is 62.9 cm³/mol. The zero-order valence-electron chi connectivity index (χ0n) is 8.16. The van der Waals surface area contributed by atoms with E-state index >= 15 is 0 Å². The summed E-state index contributed by atoms with van der Waals surface area (Å²) in [6.45, 7) is 6.04. The summed E-state index contributed by atoms with van der Waals surface area (Å²) in [6.07, 6.45) is 4.43. The van der Waals surface area contributed by atoms with E-state index in [0.29, 0.717) is 5.66 Å². The van der Waals surface area contributed by atoms with Crippen LogP contribution in [0.15, 0.2) is 43.0 Å². The number of benzene rings is 1. The van der Waals surface area contributed by atoms with E-state index in [0.717, 1.165) is 15.0 Å². The van der Waals surface area contributed by atoms with Gasteiger partial charge in [0.05, 0.1) is 0 Å². The molecule has 1 unspecified atom stereocenters. The third kappa shape index (κ3) is 3.74. The molecule has 1 aromatic rings. The molecule has 1 aromatic carbocycles. The van der Waals surface area contributed by atoms with Gasteiger partial charge in [-0.2, -0.15) is 0 Å². The summed E-state index contributed by atoms with van der Waals surface area (Å²) in [7, 11) is 1.02. The van der Waals surface area contributed by atoms with Crippen molar-refractivity contribution in [2.75, 3.05) is 6.16 Å². The van der Waals surface area contributed by atoms with Crippen LogP contribution in [0.1, 0.15) is 24.6 Å². The minimum Gasteiger partial charge on any atom is -0.114 e. The second kappa shape index (κ2) is 5.94. The molecule has 70 valence electrons. The van der Waals surface area contributed by atoms with E-state index in [4.69, 9.17) is 0 Å². The van der Waals surface area contributed by atoms with Crippen LogP contribution in [-0.2, 0) is 0 Å². The summed E-state index contributed by atoms with van der Waals surface area (Å²) >= 11 is 0. The highest BCUT2D eigenvalue weighted by atomic mass is 31.1. The van der Waals surface area contributed by atoms with E-state index in [2.05, 4.69) is 43.8 Å². The van der Waals surface area contributed by atoms with Gasteiger partial charge in [-0.15, -0.1) is 15.2 Å². The molecular weight excluding hydrogens is 175 g/mol. The van der Waals surface area contributed by atoms with Crippen LogP contribution in [0, 0.1) is 0 Å². The normalized spacial score (nSPS) is 13.3. The Hall–Kier alpha value is -0.610. The van der Waals surface area contributed by atoms with Crippen LogP contribution < -0.4 is 0 Å². The lowest BCUT2D eigenvalue weighted by atomic mass is 10.2. The lowest BCUT2D eigenvalue weighted by Gasteiger charge is -2.10. The lowest BCUT2D eigenvalue weighted by molar-refractivity contribution is 1.07. The molecular formula is C12H17P.